The molecule has 1 aromatic carbocycles. The van der Waals surface area contributed by atoms with E-state index in [1.807, 2.05) is 0 Å². The molecule has 2 aromatic rings. The van der Waals surface area contributed by atoms with Crippen LogP contribution in [0, 0.1) is 11.6 Å². The molecule has 0 fully saturated rings. The van der Waals surface area contributed by atoms with Crippen molar-refractivity contribution in [2.75, 3.05) is 0 Å². The highest BCUT2D eigenvalue weighted by Gasteiger charge is 2.22. The first kappa shape index (κ1) is 16.3. The molecule has 0 amide bonds. The van der Waals surface area contributed by atoms with Crippen LogP contribution in [0.25, 0.3) is 0 Å². The van der Waals surface area contributed by atoms with E-state index < -0.39 is 27.7 Å². The third-order valence-corrected chi connectivity index (χ3v) is 5.81. The molecule has 0 aliphatic rings. The second-order valence-corrected chi connectivity index (χ2v) is 7.91. The molecule has 1 unspecified atom stereocenters. The predicted octanol–water partition coefficient (Wildman–Crippen LogP) is 2.98. The van der Waals surface area contributed by atoms with Crippen LogP contribution >= 0.6 is 22.9 Å². The molecule has 0 aliphatic carbocycles. The SMILES string of the molecule is CC(Cc1c(F)cccc1F)NS(=O)(=O)c1cnc(Cl)s1. The van der Waals surface area contributed by atoms with Crippen LogP contribution in [0.2, 0.25) is 4.47 Å². The van der Waals surface area contributed by atoms with Crippen LogP contribution in [0.1, 0.15) is 12.5 Å². The van der Waals surface area contributed by atoms with E-state index in [1.54, 1.807) is 0 Å². The standard InChI is InChI=1S/C12H11ClF2N2O2S2/c1-7(5-8-9(14)3-2-4-10(8)15)17-21(18,19)11-6-16-12(13)20-11/h2-4,6-7,17H,5H2,1H3. The third kappa shape index (κ3) is 3.97. The lowest BCUT2D eigenvalue weighted by Gasteiger charge is -2.14. The molecule has 1 heterocycles. The quantitative estimate of drug-likeness (QED) is 0.900. The van der Waals surface area contributed by atoms with Gasteiger partial charge in [-0.2, -0.15) is 0 Å². The Labute approximate surface area is 129 Å². The van der Waals surface area contributed by atoms with Crippen molar-refractivity contribution in [3.05, 3.63) is 46.1 Å². The van der Waals surface area contributed by atoms with Gasteiger partial charge in [0.25, 0.3) is 10.0 Å². The average Bonchev–Trinajstić information content (AvgIpc) is 2.81. The molecule has 0 saturated heterocycles. The molecule has 1 aromatic heterocycles. The minimum absolute atomic E-state index is 0.0478. The van der Waals surface area contributed by atoms with E-state index in [-0.39, 0.29) is 20.7 Å². The maximum absolute atomic E-state index is 13.5. The van der Waals surface area contributed by atoms with E-state index in [0.717, 1.165) is 29.7 Å². The fourth-order valence-electron chi connectivity index (χ4n) is 1.76. The summed E-state index contributed by atoms with van der Waals surface area (Å²) in [6, 6.07) is 2.82. The molecule has 0 aliphatic heterocycles. The number of benzene rings is 1. The summed E-state index contributed by atoms with van der Waals surface area (Å²) in [5.74, 6) is -1.41. The van der Waals surface area contributed by atoms with Crippen molar-refractivity contribution < 1.29 is 17.2 Å². The molecule has 4 nitrogen and oxygen atoms in total. The number of thiazole rings is 1. The molecule has 0 saturated carbocycles. The monoisotopic (exact) mass is 352 g/mol. The van der Waals surface area contributed by atoms with Crippen LogP contribution in [0.3, 0.4) is 0 Å². The molecule has 0 radical (unpaired) electrons. The lowest BCUT2D eigenvalue weighted by atomic mass is 10.1. The molecule has 114 valence electrons. The van der Waals surface area contributed by atoms with Crippen LogP contribution in [-0.2, 0) is 16.4 Å². The lowest BCUT2D eigenvalue weighted by molar-refractivity contribution is 0.523. The Hall–Kier alpha value is -1.09. The molecule has 21 heavy (non-hydrogen) atoms. The van der Waals surface area contributed by atoms with E-state index in [0.29, 0.717) is 0 Å². The van der Waals surface area contributed by atoms with Gasteiger partial charge in [0.2, 0.25) is 0 Å². The van der Waals surface area contributed by atoms with Gasteiger partial charge in [-0.25, -0.2) is 26.9 Å². The van der Waals surface area contributed by atoms with Crippen molar-refractivity contribution >= 4 is 33.0 Å². The predicted molar refractivity (Wildman–Crippen MR) is 77.0 cm³/mol. The smallest absolute Gasteiger partial charge is 0.232 e. The van der Waals surface area contributed by atoms with E-state index in [1.165, 1.54) is 13.0 Å². The van der Waals surface area contributed by atoms with Crippen molar-refractivity contribution in [3.8, 4) is 0 Å². The number of hydrogen-bond acceptors (Lipinski definition) is 4. The average molecular weight is 353 g/mol. The van der Waals surface area contributed by atoms with E-state index in [4.69, 9.17) is 11.6 Å². The molecular weight excluding hydrogens is 342 g/mol. The van der Waals surface area contributed by atoms with Gasteiger partial charge in [-0.15, -0.1) is 0 Å². The second kappa shape index (κ2) is 6.35. The molecular formula is C12H11ClF2N2O2S2. The Bertz CT molecular complexity index is 729. The van der Waals surface area contributed by atoms with Crippen LogP contribution in [0.5, 0.6) is 0 Å². The van der Waals surface area contributed by atoms with Gasteiger partial charge in [0, 0.05) is 11.6 Å². The highest BCUT2D eigenvalue weighted by atomic mass is 35.5. The summed E-state index contributed by atoms with van der Waals surface area (Å²) in [5, 5.41) is 0. The van der Waals surface area contributed by atoms with Gasteiger partial charge < -0.3 is 0 Å². The summed E-state index contributed by atoms with van der Waals surface area (Å²) < 4.78 is 53.5. The number of aromatic nitrogens is 1. The first-order valence-corrected chi connectivity index (χ1v) is 8.54. The van der Waals surface area contributed by atoms with Crippen LogP contribution < -0.4 is 4.72 Å². The van der Waals surface area contributed by atoms with Gasteiger partial charge in [0.1, 0.15) is 11.6 Å². The van der Waals surface area contributed by atoms with E-state index in [2.05, 4.69) is 9.71 Å². The summed E-state index contributed by atoms with van der Waals surface area (Å²) in [6.07, 6.45) is 1.02. The van der Waals surface area contributed by atoms with Gasteiger partial charge in [-0.3, -0.25) is 0 Å². The van der Waals surface area contributed by atoms with Gasteiger partial charge in [0.05, 0.1) is 6.20 Å². The number of nitrogens with one attached hydrogen (secondary N) is 1. The molecule has 1 N–H and O–H groups in total. The number of rotatable bonds is 5. The van der Waals surface area contributed by atoms with Gasteiger partial charge in [-0.05, 0) is 25.5 Å². The van der Waals surface area contributed by atoms with Crippen LogP contribution in [-0.4, -0.2) is 19.4 Å². The number of halogens is 3. The first-order chi connectivity index (χ1) is 9.79. The van der Waals surface area contributed by atoms with Crippen LogP contribution in [0.4, 0.5) is 8.78 Å². The van der Waals surface area contributed by atoms with E-state index >= 15 is 0 Å². The Morgan fingerprint density at radius 1 is 1.38 bits per heavy atom. The lowest BCUT2D eigenvalue weighted by Crippen LogP contribution is -2.34. The largest absolute Gasteiger partial charge is 0.251 e. The number of hydrogen-bond donors (Lipinski definition) is 1. The summed E-state index contributed by atoms with van der Waals surface area (Å²) in [5.41, 5.74) is -0.157. The minimum atomic E-state index is -3.81. The zero-order valence-electron chi connectivity index (χ0n) is 10.8. The normalized spacial score (nSPS) is 13.3. The Kier molecular flexibility index (Phi) is 4.92. The van der Waals surface area contributed by atoms with Gasteiger partial charge in [-0.1, -0.05) is 29.0 Å². The highest BCUT2D eigenvalue weighted by Crippen LogP contribution is 2.23. The molecule has 0 spiro atoms. The van der Waals surface area contributed by atoms with Crippen molar-refractivity contribution in [1.82, 2.24) is 9.71 Å². The zero-order valence-corrected chi connectivity index (χ0v) is 13.2. The van der Waals surface area contributed by atoms with Gasteiger partial charge >= 0.3 is 0 Å². The fraction of sp³-hybridized carbons (Fsp3) is 0.250. The Morgan fingerprint density at radius 3 is 2.52 bits per heavy atom. The van der Waals surface area contributed by atoms with Crippen molar-refractivity contribution in [3.63, 3.8) is 0 Å². The molecule has 0 bridgehead atoms. The Morgan fingerprint density at radius 2 is 2.00 bits per heavy atom. The van der Waals surface area contributed by atoms with E-state index in [9.17, 15) is 17.2 Å². The molecule has 9 heteroatoms. The van der Waals surface area contributed by atoms with Gasteiger partial charge in [0.15, 0.2) is 8.68 Å². The highest BCUT2D eigenvalue weighted by molar-refractivity contribution is 7.91. The number of sulfonamides is 1. The minimum Gasteiger partial charge on any atom is -0.232 e. The maximum atomic E-state index is 13.5. The summed E-state index contributed by atoms with van der Waals surface area (Å²) in [6.45, 7) is 1.52. The zero-order chi connectivity index (χ0) is 15.6. The molecule has 1 atom stereocenters. The first-order valence-electron chi connectivity index (χ1n) is 5.86. The van der Waals surface area contributed by atoms with Crippen molar-refractivity contribution in [2.45, 2.75) is 23.6 Å². The number of nitrogens with zero attached hydrogens (tertiary/aromatic N) is 1. The summed E-state index contributed by atoms with van der Waals surface area (Å²) >= 11 is 6.40. The Balaban J connectivity index is 2.13. The molecule has 2 rings (SSSR count). The van der Waals surface area contributed by atoms with Crippen molar-refractivity contribution in [1.29, 1.82) is 0 Å². The van der Waals surface area contributed by atoms with Crippen LogP contribution in [0.15, 0.2) is 28.6 Å². The summed E-state index contributed by atoms with van der Waals surface area (Å²) in [7, 11) is -3.81. The fourth-order valence-corrected chi connectivity index (χ4v) is 4.31. The van der Waals surface area contributed by atoms with Crippen molar-refractivity contribution in [2.24, 2.45) is 0 Å². The maximum Gasteiger partial charge on any atom is 0.251 e. The second-order valence-electron chi connectivity index (χ2n) is 4.36. The topological polar surface area (TPSA) is 59.1 Å². The third-order valence-electron chi connectivity index (χ3n) is 2.65. The summed E-state index contributed by atoms with van der Waals surface area (Å²) in [4.78, 5) is 3.65.